The molecule has 0 radical (unpaired) electrons. The van der Waals surface area contributed by atoms with E-state index in [2.05, 4.69) is 33.6 Å². The highest BCUT2D eigenvalue weighted by atomic mass is 16.6. The maximum Gasteiger partial charge on any atom is 0.333 e. The van der Waals surface area contributed by atoms with Crippen LogP contribution < -0.4 is 14.2 Å². The topological polar surface area (TPSA) is 167 Å². The Hall–Kier alpha value is -5.43. The van der Waals surface area contributed by atoms with Crippen molar-refractivity contribution in [3.63, 3.8) is 0 Å². The van der Waals surface area contributed by atoms with Gasteiger partial charge in [-0.05, 0) is 92.7 Å². The average molecular weight is 831 g/mol. The van der Waals surface area contributed by atoms with Crippen molar-refractivity contribution >= 4 is 17.9 Å². The number of para-hydroxylation sites is 3. The Labute approximate surface area is 354 Å². The van der Waals surface area contributed by atoms with E-state index in [0.29, 0.717) is 36.5 Å². The fraction of sp³-hybridized carbons (Fsp3) is 0.438. The summed E-state index contributed by atoms with van der Waals surface area (Å²) in [7, 11) is 0. The van der Waals surface area contributed by atoms with Crippen molar-refractivity contribution in [1.82, 2.24) is 0 Å². The molecular weight excluding hydrogens is 769 g/mol. The van der Waals surface area contributed by atoms with Gasteiger partial charge in [0.2, 0.25) is 0 Å². The van der Waals surface area contributed by atoms with E-state index in [4.69, 9.17) is 28.4 Å². The number of aliphatic hydroxyl groups excluding tert-OH is 3. The van der Waals surface area contributed by atoms with E-state index in [1.165, 1.54) is 20.8 Å². The third kappa shape index (κ3) is 16.0. The van der Waals surface area contributed by atoms with E-state index < -0.39 is 36.2 Å². The van der Waals surface area contributed by atoms with Crippen LogP contribution in [0.5, 0.6) is 17.2 Å². The van der Waals surface area contributed by atoms with Gasteiger partial charge in [0.05, 0.1) is 0 Å². The number of carbonyl (C=O) groups is 3. The largest absolute Gasteiger partial charge is 0.490 e. The van der Waals surface area contributed by atoms with E-state index in [0.717, 1.165) is 35.1 Å². The Morgan fingerprint density at radius 3 is 1.48 bits per heavy atom. The van der Waals surface area contributed by atoms with Crippen molar-refractivity contribution in [1.29, 1.82) is 0 Å². The zero-order valence-electron chi connectivity index (χ0n) is 35.7. The molecule has 0 aliphatic heterocycles. The third-order valence-electron chi connectivity index (χ3n) is 9.51. The normalized spacial score (nSPS) is 13.5. The van der Waals surface area contributed by atoms with Crippen LogP contribution in [0.2, 0.25) is 0 Å². The minimum atomic E-state index is -1.12. The highest BCUT2D eigenvalue weighted by Crippen LogP contribution is 2.40. The first-order valence-corrected chi connectivity index (χ1v) is 20.3. The molecule has 0 aromatic heterocycles. The molecule has 3 rings (SSSR count). The number of hydrogen-bond donors (Lipinski definition) is 3. The number of rotatable bonds is 27. The average Bonchev–Trinajstić information content (AvgIpc) is 3.23. The smallest absolute Gasteiger partial charge is 0.333 e. The third-order valence-corrected chi connectivity index (χ3v) is 9.51. The summed E-state index contributed by atoms with van der Waals surface area (Å²) < 4.78 is 34.1. The van der Waals surface area contributed by atoms with Gasteiger partial charge in [0, 0.05) is 16.7 Å². The molecule has 3 aromatic carbocycles. The van der Waals surface area contributed by atoms with Crippen LogP contribution in [-0.4, -0.2) is 91.2 Å². The molecule has 5 atom stereocenters. The number of benzene rings is 3. The lowest BCUT2D eigenvalue weighted by atomic mass is 9.84. The van der Waals surface area contributed by atoms with Crippen molar-refractivity contribution in [3.8, 4) is 17.2 Å². The lowest BCUT2D eigenvalue weighted by molar-refractivity contribution is -0.143. The van der Waals surface area contributed by atoms with E-state index in [9.17, 15) is 29.7 Å². The summed E-state index contributed by atoms with van der Waals surface area (Å²) in [6.07, 6.45) is 0.234. The van der Waals surface area contributed by atoms with Crippen molar-refractivity contribution in [2.24, 2.45) is 0 Å². The summed E-state index contributed by atoms with van der Waals surface area (Å²) in [6, 6.07) is 21.2. The molecule has 60 heavy (non-hydrogen) atoms. The molecule has 12 heteroatoms. The highest BCUT2D eigenvalue weighted by Gasteiger charge is 2.25. The molecule has 3 aromatic rings. The molecule has 0 heterocycles. The van der Waals surface area contributed by atoms with Crippen LogP contribution >= 0.6 is 0 Å². The molecule has 0 amide bonds. The number of hydrogen-bond acceptors (Lipinski definition) is 12. The summed E-state index contributed by atoms with van der Waals surface area (Å²) in [5.41, 5.74) is 4.33. The van der Waals surface area contributed by atoms with E-state index >= 15 is 0 Å². The molecule has 12 nitrogen and oxygen atoms in total. The van der Waals surface area contributed by atoms with Crippen LogP contribution in [-0.2, 0) is 41.4 Å². The number of ether oxygens (including phenoxy) is 6. The van der Waals surface area contributed by atoms with Crippen LogP contribution in [0.3, 0.4) is 0 Å². The molecule has 0 aliphatic carbocycles. The van der Waals surface area contributed by atoms with Crippen LogP contribution in [0.1, 0.15) is 88.0 Å². The van der Waals surface area contributed by atoms with Gasteiger partial charge in [-0.2, -0.15) is 0 Å². The van der Waals surface area contributed by atoms with Gasteiger partial charge in [0.1, 0.15) is 75.2 Å². The van der Waals surface area contributed by atoms with Crippen LogP contribution in [0.4, 0.5) is 0 Å². The molecular formula is C48H62O12. The second kappa shape index (κ2) is 25.3. The summed E-state index contributed by atoms with van der Waals surface area (Å²) in [5.74, 6) is -0.121. The van der Waals surface area contributed by atoms with Gasteiger partial charge in [0.15, 0.2) is 0 Å². The molecule has 0 saturated carbocycles. The predicted molar refractivity (Wildman–Crippen MR) is 229 cm³/mol. The van der Waals surface area contributed by atoms with Crippen LogP contribution in [0.25, 0.3) is 0 Å². The zero-order chi connectivity index (χ0) is 44.2. The van der Waals surface area contributed by atoms with Gasteiger partial charge in [-0.1, -0.05) is 94.6 Å². The lowest BCUT2D eigenvalue weighted by Gasteiger charge is -2.26. The molecule has 0 bridgehead atoms. The summed E-state index contributed by atoms with van der Waals surface area (Å²) in [6.45, 7) is 18.4. The molecule has 0 spiro atoms. The summed E-state index contributed by atoms with van der Waals surface area (Å²) in [4.78, 5) is 35.7. The highest BCUT2D eigenvalue weighted by molar-refractivity contribution is 5.87. The van der Waals surface area contributed by atoms with Gasteiger partial charge in [-0.15, -0.1) is 0 Å². The summed E-state index contributed by atoms with van der Waals surface area (Å²) in [5, 5.41) is 31.9. The van der Waals surface area contributed by atoms with E-state index in [-0.39, 0.29) is 68.2 Å². The maximum atomic E-state index is 12.1. The SMILES string of the molecule is C=C(C)C(=O)OCC(O)COc1ccccc1CC(CC)c1cccc(CC(CCC)c2ccccc2OCC(O)COC(=O)C(=C)C)c1OCC(O)COC(=O)C(=C)C. The lowest BCUT2D eigenvalue weighted by Crippen LogP contribution is -2.26. The number of carbonyl (C=O) groups excluding carboxylic acids is 3. The van der Waals surface area contributed by atoms with Crippen LogP contribution in [0.15, 0.2) is 103 Å². The van der Waals surface area contributed by atoms with Gasteiger partial charge >= 0.3 is 17.9 Å². The summed E-state index contributed by atoms with van der Waals surface area (Å²) >= 11 is 0. The van der Waals surface area contributed by atoms with Gasteiger partial charge < -0.3 is 43.7 Å². The fourth-order valence-corrected chi connectivity index (χ4v) is 6.33. The van der Waals surface area contributed by atoms with Crippen molar-refractivity contribution in [3.05, 3.63) is 125 Å². The first-order valence-electron chi connectivity index (χ1n) is 20.3. The second-order valence-corrected chi connectivity index (χ2v) is 15.0. The Bertz CT molecular complexity index is 1900. The molecule has 326 valence electrons. The first kappa shape index (κ1) is 48.9. The van der Waals surface area contributed by atoms with Crippen molar-refractivity contribution in [2.45, 2.75) is 96.9 Å². The standard InChI is InChI=1S/C48H62O12/c1-9-16-35(41-19-12-14-22-44(41)56-26-39(50)29-59-47(53)32(5)6)24-37-18-15-20-42(45(37)57-27-40(51)30-60-48(54)33(7)8)34(10-2)23-36-17-11-13-21-43(36)55-25-38(49)28-58-46(52)31(3)4/h11-15,17-22,34-35,38-40,49-51H,3,5,7,9-10,16,23-30H2,1-2,4,6,8H3. The molecule has 3 N–H and O–H groups in total. The minimum Gasteiger partial charge on any atom is -0.490 e. The van der Waals surface area contributed by atoms with Gasteiger partial charge in [0.25, 0.3) is 0 Å². The monoisotopic (exact) mass is 830 g/mol. The zero-order valence-corrected chi connectivity index (χ0v) is 35.7. The number of esters is 3. The Morgan fingerprint density at radius 1 is 0.533 bits per heavy atom. The Morgan fingerprint density at radius 2 is 0.967 bits per heavy atom. The van der Waals surface area contributed by atoms with Crippen molar-refractivity contribution < 1.29 is 58.1 Å². The molecule has 0 aliphatic rings. The quantitative estimate of drug-likeness (QED) is 0.0405. The first-order chi connectivity index (χ1) is 28.6. The van der Waals surface area contributed by atoms with Crippen molar-refractivity contribution in [2.75, 3.05) is 39.6 Å². The Kier molecular flexibility index (Phi) is 20.6. The second-order valence-electron chi connectivity index (χ2n) is 15.0. The van der Waals surface area contributed by atoms with Gasteiger partial charge in [-0.25, -0.2) is 14.4 Å². The predicted octanol–water partition coefficient (Wildman–Crippen LogP) is 7.13. The van der Waals surface area contributed by atoms with E-state index in [1.54, 1.807) is 0 Å². The van der Waals surface area contributed by atoms with Gasteiger partial charge in [-0.3, -0.25) is 0 Å². The number of aliphatic hydroxyl groups is 3. The molecule has 0 saturated heterocycles. The maximum absolute atomic E-state index is 12.1. The minimum absolute atomic E-state index is 0.0427. The molecule has 0 fully saturated rings. The fourth-order valence-electron chi connectivity index (χ4n) is 6.33. The Balaban J connectivity index is 1.94. The van der Waals surface area contributed by atoms with Crippen LogP contribution in [0, 0.1) is 0 Å². The molecule has 5 unspecified atom stereocenters. The van der Waals surface area contributed by atoms with E-state index in [1.807, 2.05) is 66.7 Å².